The van der Waals surface area contributed by atoms with Crippen molar-refractivity contribution in [3.8, 4) is 0 Å². The average molecular weight is 250 g/mol. The summed E-state index contributed by atoms with van der Waals surface area (Å²) in [5.41, 5.74) is 9.24. The first-order valence-corrected chi connectivity index (χ1v) is 6.55. The number of para-hydroxylation sites is 1. The van der Waals surface area contributed by atoms with Crippen LogP contribution in [0.3, 0.4) is 0 Å². The molecule has 0 heterocycles. The van der Waals surface area contributed by atoms with Gasteiger partial charge in [-0.15, -0.1) is 0 Å². The van der Waals surface area contributed by atoms with Gasteiger partial charge in [-0.2, -0.15) is 0 Å². The molecule has 1 aromatic carbocycles. The molecule has 0 unspecified atom stereocenters. The van der Waals surface area contributed by atoms with E-state index in [1.54, 1.807) is 0 Å². The fraction of sp³-hybridized carbons (Fsp3) is 0.500. The van der Waals surface area contributed by atoms with E-state index in [2.05, 4.69) is 38.7 Å². The Morgan fingerprint density at radius 2 is 2.06 bits per heavy atom. The molecule has 0 aromatic heterocycles. The number of hydrogen-bond acceptors (Lipinski definition) is 2. The number of anilines is 1. The zero-order valence-corrected chi connectivity index (χ0v) is 12.0. The highest BCUT2D eigenvalue weighted by atomic mass is 32.1. The third-order valence-electron chi connectivity index (χ3n) is 2.88. The highest BCUT2D eigenvalue weighted by Gasteiger charge is 2.17. The van der Waals surface area contributed by atoms with E-state index in [-0.39, 0.29) is 0 Å². The lowest BCUT2D eigenvalue weighted by Crippen LogP contribution is -2.34. The Hall–Kier alpha value is -1.09. The van der Waals surface area contributed by atoms with Gasteiger partial charge in [0.25, 0.3) is 0 Å². The number of nitrogens with zero attached hydrogens (tertiary/aromatic N) is 1. The molecule has 0 spiro atoms. The van der Waals surface area contributed by atoms with Gasteiger partial charge < -0.3 is 10.6 Å². The second-order valence-corrected chi connectivity index (χ2v) is 5.06. The van der Waals surface area contributed by atoms with E-state index in [4.69, 9.17) is 18.0 Å². The maximum atomic E-state index is 5.82. The van der Waals surface area contributed by atoms with Crippen LogP contribution in [-0.4, -0.2) is 17.6 Å². The molecule has 3 heteroatoms. The molecule has 1 rings (SSSR count). The minimum atomic E-state index is 0.448. The monoisotopic (exact) mass is 250 g/mol. The fourth-order valence-electron chi connectivity index (χ4n) is 2.11. The fourth-order valence-corrected chi connectivity index (χ4v) is 2.27. The number of benzene rings is 1. The topological polar surface area (TPSA) is 29.3 Å². The van der Waals surface area contributed by atoms with Crippen LogP contribution in [0.5, 0.6) is 0 Å². The van der Waals surface area contributed by atoms with E-state index in [1.807, 2.05) is 12.1 Å². The van der Waals surface area contributed by atoms with Gasteiger partial charge in [-0.3, -0.25) is 0 Å². The number of thiocarbonyl (C=S) groups is 1. The van der Waals surface area contributed by atoms with Crippen molar-refractivity contribution >= 4 is 22.9 Å². The van der Waals surface area contributed by atoms with Crippen LogP contribution in [0.1, 0.15) is 38.3 Å². The normalized spacial score (nSPS) is 10.6. The van der Waals surface area contributed by atoms with Crippen molar-refractivity contribution in [1.29, 1.82) is 0 Å². The van der Waals surface area contributed by atoms with E-state index in [9.17, 15) is 0 Å². The lowest BCUT2D eigenvalue weighted by Gasteiger charge is -2.32. The van der Waals surface area contributed by atoms with Crippen LogP contribution in [0, 0.1) is 6.92 Å². The molecule has 0 saturated heterocycles. The van der Waals surface area contributed by atoms with Crippen molar-refractivity contribution in [2.75, 3.05) is 11.4 Å². The molecule has 0 radical (unpaired) electrons. The van der Waals surface area contributed by atoms with Crippen molar-refractivity contribution < 1.29 is 0 Å². The second kappa shape index (κ2) is 6.01. The van der Waals surface area contributed by atoms with E-state index in [0.29, 0.717) is 11.0 Å². The first-order valence-electron chi connectivity index (χ1n) is 6.15. The maximum Gasteiger partial charge on any atom is 0.106 e. The minimum Gasteiger partial charge on any atom is -0.389 e. The van der Waals surface area contributed by atoms with E-state index in [1.165, 1.54) is 11.3 Å². The maximum absolute atomic E-state index is 5.82. The van der Waals surface area contributed by atoms with Crippen LogP contribution in [0.25, 0.3) is 0 Å². The summed E-state index contributed by atoms with van der Waals surface area (Å²) < 4.78 is 0. The van der Waals surface area contributed by atoms with Gasteiger partial charge in [0.15, 0.2) is 0 Å². The molecular weight excluding hydrogens is 228 g/mol. The van der Waals surface area contributed by atoms with Gasteiger partial charge in [0.1, 0.15) is 4.99 Å². The quantitative estimate of drug-likeness (QED) is 0.813. The summed E-state index contributed by atoms with van der Waals surface area (Å²) in [5, 5.41) is 0. The molecule has 0 aliphatic rings. The summed E-state index contributed by atoms with van der Waals surface area (Å²) >= 11 is 5.15. The highest BCUT2D eigenvalue weighted by molar-refractivity contribution is 7.80. The molecule has 1 aromatic rings. The highest BCUT2D eigenvalue weighted by Crippen LogP contribution is 2.27. The van der Waals surface area contributed by atoms with E-state index < -0.39 is 0 Å². The summed E-state index contributed by atoms with van der Waals surface area (Å²) in [4.78, 5) is 2.86. The molecule has 0 saturated carbocycles. The van der Waals surface area contributed by atoms with Crippen molar-refractivity contribution in [3.63, 3.8) is 0 Å². The Morgan fingerprint density at radius 3 is 2.53 bits per heavy atom. The third-order valence-corrected chi connectivity index (χ3v) is 3.10. The van der Waals surface area contributed by atoms with Gasteiger partial charge in [0.05, 0.1) is 5.69 Å². The standard InChI is InChI=1S/C14H22N2S/c1-5-9-16(10(2)3)13-11(4)7-6-8-12(13)14(15)17/h6-8,10H,5,9H2,1-4H3,(H2,15,17). The molecule has 0 amide bonds. The van der Waals surface area contributed by atoms with E-state index in [0.717, 1.165) is 18.5 Å². The lowest BCUT2D eigenvalue weighted by molar-refractivity contribution is 0.669. The zero-order valence-electron chi connectivity index (χ0n) is 11.2. The largest absolute Gasteiger partial charge is 0.389 e. The average Bonchev–Trinajstić information content (AvgIpc) is 2.25. The van der Waals surface area contributed by atoms with Crippen LogP contribution in [0.4, 0.5) is 5.69 Å². The molecule has 0 atom stereocenters. The lowest BCUT2D eigenvalue weighted by atomic mass is 10.0. The van der Waals surface area contributed by atoms with Gasteiger partial charge >= 0.3 is 0 Å². The van der Waals surface area contributed by atoms with Crippen LogP contribution < -0.4 is 10.6 Å². The predicted molar refractivity (Wildman–Crippen MR) is 79.8 cm³/mol. The number of aryl methyl sites for hydroxylation is 1. The Bertz CT molecular complexity index is 399. The number of hydrogen-bond donors (Lipinski definition) is 1. The first kappa shape index (κ1) is 14.0. The Balaban J connectivity index is 3.29. The van der Waals surface area contributed by atoms with Gasteiger partial charge in [-0.05, 0) is 38.8 Å². The molecule has 17 heavy (non-hydrogen) atoms. The van der Waals surface area contributed by atoms with Crippen molar-refractivity contribution in [2.24, 2.45) is 5.73 Å². The SMILES string of the molecule is CCCN(c1c(C)cccc1C(N)=S)C(C)C. The summed E-state index contributed by atoms with van der Waals surface area (Å²) in [5.74, 6) is 0. The first-order chi connectivity index (χ1) is 7.99. The van der Waals surface area contributed by atoms with Crippen molar-refractivity contribution in [1.82, 2.24) is 0 Å². The molecule has 0 bridgehead atoms. The van der Waals surface area contributed by atoms with Gasteiger partial charge in [0, 0.05) is 18.2 Å². The summed E-state index contributed by atoms with van der Waals surface area (Å²) in [6, 6.07) is 6.58. The van der Waals surface area contributed by atoms with Crippen LogP contribution in [-0.2, 0) is 0 Å². The predicted octanol–water partition coefficient (Wildman–Crippen LogP) is 3.25. The zero-order chi connectivity index (χ0) is 13.0. The van der Waals surface area contributed by atoms with Crippen LogP contribution >= 0.6 is 12.2 Å². The summed E-state index contributed by atoms with van der Waals surface area (Å²) in [6.07, 6.45) is 1.11. The number of nitrogens with two attached hydrogens (primary N) is 1. The molecule has 2 nitrogen and oxygen atoms in total. The molecule has 0 fully saturated rings. The second-order valence-electron chi connectivity index (χ2n) is 4.62. The van der Waals surface area contributed by atoms with Gasteiger partial charge in [0.2, 0.25) is 0 Å². The van der Waals surface area contributed by atoms with E-state index >= 15 is 0 Å². The minimum absolute atomic E-state index is 0.448. The van der Waals surface area contributed by atoms with Gasteiger partial charge in [-0.25, -0.2) is 0 Å². The Kier molecular flexibility index (Phi) is 4.94. The molecular formula is C14H22N2S. The third kappa shape index (κ3) is 3.19. The Morgan fingerprint density at radius 1 is 1.41 bits per heavy atom. The molecule has 2 N–H and O–H groups in total. The van der Waals surface area contributed by atoms with Gasteiger partial charge in [-0.1, -0.05) is 31.3 Å². The molecule has 94 valence electrons. The Labute approximate surface area is 110 Å². The van der Waals surface area contributed by atoms with Crippen LogP contribution in [0.2, 0.25) is 0 Å². The molecule has 0 aliphatic heterocycles. The van der Waals surface area contributed by atoms with Crippen molar-refractivity contribution in [3.05, 3.63) is 29.3 Å². The van der Waals surface area contributed by atoms with Crippen molar-refractivity contribution in [2.45, 2.75) is 40.2 Å². The number of rotatable bonds is 5. The summed E-state index contributed by atoms with van der Waals surface area (Å²) in [6.45, 7) is 9.73. The molecule has 0 aliphatic carbocycles. The smallest absolute Gasteiger partial charge is 0.106 e. The summed E-state index contributed by atoms with van der Waals surface area (Å²) in [7, 11) is 0. The van der Waals surface area contributed by atoms with Crippen LogP contribution in [0.15, 0.2) is 18.2 Å².